The first-order valence-electron chi connectivity index (χ1n) is 9.93. The summed E-state index contributed by atoms with van der Waals surface area (Å²) in [7, 11) is 0. The van der Waals surface area contributed by atoms with Crippen molar-refractivity contribution in [1.29, 1.82) is 0 Å². The number of rotatable bonds is 5. The molecule has 0 spiro atoms. The zero-order valence-electron chi connectivity index (χ0n) is 15.8. The van der Waals surface area contributed by atoms with Crippen molar-refractivity contribution in [2.24, 2.45) is 5.92 Å². The van der Waals surface area contributed by atoms with Crippen LogP contribution in [0, 0.1) is 19.8 Å². The predicted octanol–water partition coefficient (Wildman–Crippen LogP) is 2.03. The molecule has 0 aromatic carbocycles. The van der Waals surface area contributed by atoms with E-state index in [-0.39, 0.29) is 17.7 Å². The van der Waals surface area contributed by atoms with E-state index in [1.807, 2.05) is 18.7 Å². The fourth-order valence-corrected chi connectivity index (χ4v) is 3.85. The lowest BCUT2D eigenvalue weighted by Crippen LogP contribution is -2.40. The quantitative estimate of drug-likeness (QED) is 0.876. The smallest absolute Gasteiger partial charge is 0.225 e. The van der Waals surface area contributed by atoms with Crippen molar-refractivity contribution in [2.45, 2.75) is 70.8 Å². The second-order valence-electron chi connectivity index (χ2n) is 8.15. The number of nitrogens with zero attached hydrogens (tertiary/aromatic N) is 3. The molecule has 0 unspecified atom stereocenters. The molecule has 2 aliphatic carbocycles. The molecule has 1 N–H and O–H groups in total. The Bertz CT molecular complexity index is 702. The summed E-state index contributed by atoms with van der Waals surface area (Å²) in [6.07, 6.45) is 6.67. The van der Waals surface area contributed by atoms with Crippen LogP contribution in [-0.4, -0.2) is 45.8 Å². The zero-order chi connectivity index (χ0) is 18.3. The Morgan fingerprint density at radius 3 is 2.38 bits per heavy atom. The molecule has 1 saturated heterocycles. The highest BCUT2D eigenvalue weighted by atomic mass is 16.2. The minimum atomic E-state index is 0.0638. The van der Waals surface area contributed by atoms with Crippen LogP contribution in [0.25, 0.3) is 0 Å². The number of carbonyl (C=O) groups excluding carboxylic acids is 2. The number of hydrogen-bond donors (Lipinski definition) is 1. The summed E-state index contributed by atoms with van der Waals surface area (Å²) in [5.74, 6) is 1.69. The van der Waals surface area contributed by atoms with Gasteiger partial charge < -0.3 is 10.2 Å². The largest absolute Gasteiger partial charge is 0.353 e. The molecule has 0 radical (unpaired) electrons. The van der Waals surface area contributed by atoms with Gasteiger partial charge in [0, 0.05) is 47.9 Å². The molecular weight excluding hydrogens is 328 g/mol. The van der Waals surface area contributed by atoms with Crippen molar-refractivity contribution in [3.05, 3.63) is 22.8 Å². The van der Waals surface area contributed by atoms with E-state index in [1.165, 1.54) is 0 Å². The minimum absolute atomic E-state index is 0.0638. The van der Waals surface area contributed by atoms with Gasteiger partial charge in [-0.15, -0.1) is 0 Å². The average Bonchev–Trinajstić information content (AvgIpc) is 3.51. The van der Waals surface area contributed by atoms with E-state index in [9.17, 15) is 9.59 Å². The van der Waals surface area contributed by atoms with Gasteiger partial charge in [-0.25, -0.2) is 9.97 Å². The van der Waals surface area contributed by atoms with E-state index in [0.29, 0.717) is 18.4 Å². The maximum Gasteiger partial charge on any atom is 0.225 e. The third-order valence-electron chi connectivity index (χ3n) is 5.74. The minimum Gasteiger partial charge on any atom is -0.353 e. The van der Waals surface area contributed by atoms with Gasteiger partial charge in [-0.3, -0.25) is 9.59 Å². The average molecular weight is 356 g/mol. The Labute approximate surface area is 154 Å². The van der Waals surface area contributed by atoms with Gasteiger partial charge >= 0.3 is 0 Å². The Hall–Kier alpha value is -1.98. The van der Waals surface area contributed by atoms with Gasteiger partial charge in [0.1, 0.15) is 5.82 Å². The number of nitrogens with one attached hydrogen (secondary N) is 1. The predicted molar refractivity (Wildman–Crippen MR) is 97.7 cm³/mol. The molecular formula is C20H28N4O2. The van der Waals surface area contributed by atoms with Gasteiger partial charge in [0.15, 0.2) is 0 Å². The standard InChI is InChI=1S/C20H28N4O2/c1-12-17(10-18(25)23-16-7-8-16)13(2)22-19(21-12)15-4-3-9-24(11-15)20(26)14-5-6-14/h14-16H,3-11H2,1-2H3,(H,23,25)/t15-/m0/s1. The van der Waals surface area contributed by atoms with Crippen molar-refractivity contribution in [3.63, 3.8) is 0 Å². The molecule has 1 aromatic rings. The maximum absolute atomic E-state index is 12.4. The summed E-state index contributed by atoms with van der Waals surface area (Å²) >= 11 is 0. The van der Waals surface area contributed by atoms with Crippen LogP contribution in [0.2, 0.25) is 0 Å². The molecule has 3 fully saturated rings. The van der Waals surface area contributed by atoms with Gasteiger partial charge in [0.25, 0.3) is 0 Å². The van der Waals surface area contributed by atoms with Crippen LogP contribution < -0.4 is 5.32 Å². The van der Waals surface area contributed by atoms with E-state index in [4.69, 9.17) is 9.97 Å². The first-order chi connectivity index (χ1) is 12.5. The van der Waals surface area contributed by atoms with Crippen LogP contribution in [0.1, 0.15) is 67.2 Å². The summed E-state index contributed by atoms with van der Waals surface area (Å²) in [5, 5.41) is 3.03. The summed E-state index contributed by atoms with van der Waals surface area (Å²) in [6, 6.07) is 0.375. The molecule has 6 heteroatoms. The van der Waals surface area contributed by atoms with Crippen LogP contribution >= 0.6 is 0 Å². The molecule has 4 rings (SSSR count). The van der Waals surface area contributed by atoms with Crippen molar-refractivity contribution in [1.82, 2.24) is 20.2 Å². The molecule has 140 valence electrons. The number of hydrogen-bond acceptors (Lipinski definition) is 4. The highest BCUT2D eigenvalue weighted by Gasteiger charge is 2.36. The molecule has 0 bridgehead atoms. The molecule has 1 atom stereocenters. The number of likely N-dealkylation sites (tertiary alicyclic amines) is 1. The third kappa shape index (κ3) is 3.89. The van der Waals surface area contributed by atoms with Crippen molar-refractivity contribution < 1.29 is 9.59 Å². The fraction of sp³-hybridized carbons (Fsp3) is 0.700. The fourth-order valence-electron chi connectivity index (χ4n) is 3.85. The van der Waals surface area contributed by atoms with Crippen molar-refractivity contribution in [2.75, 3.05) is 13.1 Å². The lowest BCUT2D eigenvalue weighted by atomic mass is 9.96. The Kier molecular flexibility index (Phi) is 4.67. The molecule has 1 aromatic heterocycles. The summed E-state index contributed by atoms with van der Waals surface area (Å²) < 4.78 is 0. The lowest BCUT2D eigenvalue weighted by Gasteiger charge is -2.32. The van der Waals surface area contributed by atoms with Gasteiger partial charge in [-0.2, -0.15) is 0 Å². The van der Waals surface area contributed by atoms with E-state index >= 15 is 0 Å². The molecule has 2 heterocycles. The molecule has 1 aliphatic heterocycles. The first kappa shape index (κ1) is 17.4. The highest BCUT2D eigenvalue weighted by Crippen LogP contribution is 2.34. The second-order valence-corrected chi connectivity index (χ2v) is 8.15. The SMILES string of the molecule is Cc1nc([C@H]2CCCN(C(=O)C3CC3)C2)nc(C)c1CC(=O)NC1CC1. The number of carbonyl (C=O) groups is 2. The molecule has 2 saturated carbocycles. The normalized spacial score (nSPS) is 23.0. The maximum atomic E-state index is 12.4. The van der Waals surface area contributed by atoms with Crippen LogP contribution in [0.4, 0.5) is 0 Å². The number of aromatic nitrogens is 2. The van der Waals surface area contributed by atoms with Crippen LogP contribution in [0.5, 0.6) is 0 Å². The van der Waals surface area contributed by atoms with Crippen LogP contribution in [0.3, 0.4) is 0 Å². The van der Waals surface area contributed by atoms with E-state index in [2.05, 4.69) is 5.32 Å². The van der Waals surface area contributed by atoms with Gasteiger partial charge in [0.05, 0.1) is 6.42 Å². The molecule has 26 heavy (non-hydrogen) atoms. The number of amides is 2. The summed E-state index contributed by atoms with van der Waals surface area (Å²) in [6.45, 7) is 5.53. The Morgan fingerprint density at radius 2 is 1.77 bits per heavy atom. The molecule has 6 nitrogen and oxygen atoms in total. The molecule has 2 amide bonds. The number of aryl methyl sites for hydroxylation is 2. The number of piperidine rings is 1. The third-order valence-corrected chi connectivity index (χ3v) is 5.74. The topological polar surface area (TPSA) is 75.2 Å². The van der Waals surface area contributed by atoms with E-state index in [0.717, 1.165) is 74.4 Å². The zero-order valence-corrected chi connectivity index (χ0v) is 15.8. The van der Waals surface area contributed by atoms with Crippen LogP contribution in [0.15, 0.2) is 0 Å². The molecule has 3 aliphatic rings. The Morgan fingerprint density at radius 1 is 1.08 bits per heavy atom. The van der Waals surface area contributed by atoms with Gasteiger partial charge in [-0.05, 0) is 52.4 Å². The van der Waals surface area contributed by atoms with Gasteiger partial charge in [-0.1, -0.05) is 0 Å². The second kappa shape index (κ2) is 6.97. The van der Waals surface area contributed by atoms with E-state index in [1.54, 1.807) is 0 Å². The Balaban J connectivity index is 1.46. The van der Waals surface area contributed by atoms with Gasteiger partial charge in [0.2, 0.25) is 11.8 Å². The van der Waals surface area contributed by atoms with E-state index < -0.39 is 0 Å². The highest BCUT2D eigenvalue weighted by molar-refractivity contribution is 5.81. The summed E-state index contributed by atoms with van der Waals surface area (Å²) in [4.78, 5) is 36.0. The van der Waals surface area contributed by atoms with Crippen molar-refractivity contribution in [3.8, 4) is 0 Å². The summed E-state index contributed by atoms with van der Waals surface area (Å²) in [5.41, 5.74) is 2.72. The van der Waals surface area contributed by atoms with Crippen LogP contribution in [-0.2, 0) is 16.0 Å². The van der Waals surface area contributed by atoms with Crippen molar-refractivity contribution >= 4 is 11.8 Å². The monoisotopic (exact) mass is 356 g/mol. The lowest BCUT2D eigenvalue weighted by molar-refractivity contribution is -0.133. The first-order valence-corrected chi connectivity index (χ1v) is 9.93.